The Hall–Kier alpha value is -9.96. The van der Waals surface area contributed by atoms with Crippen LogP contribution in [0.5, 0.6) is 0 Å². The van der Waals surface area contributed by atoms with Crippen LogP contribution in [0.4, 0.5) is 0 Å². The van der Waals surface area contributed by atoms with Gasteiger partial charge in [0.15, 0.2) is 0 Å². The first-order valence-electron chi connectivity index (χ1n) is 44.5. The SMILES string of the molecule is CCCCN(CC(O)C(Cc1ccccc1)NC(=O)c1cc(C(=O)N(CCC)CCC)cc(S(N)(=O)=O)c1)NC(=O)C(C)C.CCCN(CC(O)C(Cc1ccccc1)NC(=O)c1cc(C(=O)N(CCC)CCC)cc(S(N)(=O)=O)c1)NC(=O)C(C)C.CCCN(CCC)C(=O)c1cc(C(=O)NC(Cc2ccccc2)C(O)CN(C)NC(=O)CC(C)C)cc(S(N)(=O)=O)c1. The summed E-state index contributed by atoms with van der Waals surface area (Å²) in [4.78, 5) is 122. The van der Waals surface area contributed by atoms with Crippen LogP contribution in [0.1, 0.15) is 240 Å². The lowest BCUT2D eigenvalue weighted by molar-refractivity contribution is -0.130. The van der Waals surface area contributed by atoms with Crippen molar-refractivity contribution in [3.05, 3.63) is 196 Å². The molecule has 0 radical (unpaired) electrons. The second-order valence-electron chi connectivity index (χ2n) is 33.3. The number of carbonyl (C=O) groups is 9. The van der Waals surface area contributed by atoms with Crippen molar-refractivity contribution in [3.63, 3.8) is 0 Å². The molecule has 0 aliphatic heterocycles. The number of hydrogen-bond donors (Lipinski definition) is 12. The molecule has 6 rings (SSSR count). The highest BCUT2D eigenvalue weighted by atomic mass is 32.2. The van der Waals surface area contributed by atoms with E-state index in [2.05, 4.69) is 32.2 Å². The van der Waals surface area contributed by atoms with Crippen molar-refractivity contribution in [2.24, 2.45) is 33.2 Å². The van der Waals surface area contributed by atoms with Gasteiger partial charge in [-0.1, -0.05) is 194 Å². The third-order valence-electron chi connectivity index (χ3n) is 20.3. The van der Waals surface area contributed by atoms with Gasteiger partial charge in [-0.05, 0) is 148 Å². The number of hydrogen-bond acceptors (Lipinski definition) is 21. The normalized spacial score (nSPS) is 13.0. The number of primary sulfonamides is 3. The van der Waals surface area contributed by atoms with Crippen molar-refractivity contribution >= 4 is 83.2 Å². The quantitative estimate of drug-likeness (QED) is 0.0160. The van der Waals surface area contributed by atoms with Gasteiger partial charge in [0, 0.05) is 131 Å². The summed E-state index contributed by atoms with van der Waals surface area (Å²) in [6, 6.07) is 36.3. The fourth-order valence-corrected chi connectivity index (χ4v) is 15.5. The molecular weight excluding hydrogens is 1710 g/mol. The highest BCUT2D eigenvalue weighted by Crippen LogP contribution is 2.24. The van der Waals surface area contributed by atoms with Gasteiger partial charge in [0.05, 0.1) is 51.1 Å². The Balaban J connectivity index is 0.000000405. The highest BCUT2D eigenvalue weighted by Gasteiger charge is 2.33. The number of sulfonamides is 3. The van der Waals surface area contributed by atoms with E-state index in [0.717, 1.165) is 47.7 Å². The molecule has 6 aromatic carbocycles. The van der Waals surface area contributed by atoms with E-state index < -0.39 is 102 Å². The van der Waals surface area contributed by atoms with E-state index in [4.69, 9.17) is 15.4 Å². The fraction of sp³-hybridized carbons (Fsp3) is 0.516. The molecule has 33 nitrogen and oxygen atoms in total. The molecule has 0 saturated heterocycles. The van der Waals surface area contributed by atoms with Crippen molar-refractivity contribution in [3.8, 4) is 0 Å². The minimum Gasteiger partial charge on any atom is -0.390 e. The number of aliphatic hydroxyl groups excluding tert-OH is 3. The Labute approximate surface area is 763 Å². The monoisotopic (exact) mass is 1850 g/mol. The van der Waals surface area contributed by atoms with Crippen LogP contribution >= 0.6 is 0 Å². The van der Waals surface area contributed by atoms with E-state index in [0.29, 0.717) is 104 Å². The summed E-state index contributed by atoms with van der Waals surface area (Å²) >= 11 is 0. The Morgan fingerprint density at radius 2 is 0.612 bits per heavy atom. The molecule has 15 N–H and O–H groups in total. The van der Waals surface area contributed by atoms with Crippen LogP contribution in [-0.4, -0.2) is 239 Å². The van der Waals surface area contributed by atoms with Crippen LogP contribution in [0, 0.1) is 17.8 Å². The Kier molecular flexibility index (Phi) is 48.3. The lowest BCUT2D eigenvalue weighted by Crippen LogP contribution is -2.54. The third kappa shape index (κ3) is 39.3. The summed E-state index contributed by atoms with van der Waals surface area (Å²) in [6.45, 7) is 30.4. The second-order valence-corrected chi connectivity index (χ2v) is 38.0. The minimum atomic E-state index is -4.25. The van der Waals surface area contributed by atoms with Crippen LogP contribution in [0.2, 0.25) is 0 Å². The Morgan fingerprint density at radius 3 is 0.860 bits per heavy atom. The van der Waals surface area contributed by atoms with Crippen molar-refractivity contribution in [2.45, 2.75) is 232 Å². The molecule has 0 aromatic heterocycles. The molecule has 36 heteroatoms. The lowest BCUT2D eigenvalue weighted by Gasteiger charge is -2.31. The Morgan fingerprint density at radius 1 is 0.349 bits per heavy atom. The number of benzene rings is 6. The molecule has 0 saturated carbocycles. The lowest BCUT2D eigenvalue weighted by atomic mass is 10.00. The zero-order valence-electron chi connectivity index (χ0n) is 77.6. The average molecular weight is 1850 g/mol. The predicted octanol–water partition coefficient (Wildman–Crippen LogP) is 8.09. The zero-order chi connectivity index (χ0) is 96.5. The summed E-state index contributed by atoms with van der Waals surface area (Å²) in [5, 5.41) is 63.4. The zero-order valence-corrected chi connectivity index (χ0v) is 80.1. The summed E-state index contributed by atoms with van der Waals surface area (Å²) < 4.78 is 74.0. The van der Waals surface area contributed by atoms with Gasteiger partial charge in [0.25, 0.3) is 35.4 Å². The van der Waals surface area contributed by atoms with E-state index in [1.807, 2.05) is 160 Å². The van der Waals surface area contributed by atoms with Gasteiger partial charge in [-0.25, -0.2) is 55.7 Å². The predicted molar refractivity (Wildman–Crippen MR) is 500 cm³/mol. The van der Waals surface area contributed by atoms with Crippen molar-refractivity contribution in [1.29, 1.82) is 0 Å². The molecule has 0 bridgehead atoms. The molecule has 129 heavy (non-hydrogen) atoms. The number of aliphatic hydroxyl groups is 3. The first kappa shape index (κ1) is 111. The molecule has 0 heterocycles. The number of likely N-dealkylation sites (N-methyl/N-ethyl adjacent to an activating group) is 1. The van der Waals surface area contributed by atoms with Crippen LogP contribution in [0.3, 0.4) is 0 Å². The maximum atomic E-state index is 13.7. The van der Waals surface area contributed by atoms with Gasteiger partial charge < -0.3 is 46.0 Å². The summed E-state index contributed by atoms with van der Waals surface area (Å²) in [5.41, 5.74) is 10.8. The molecular formula is C93H141N15O18S3. The van der Waals surface area contributed by atoms with Gasteiger partial charge in [0.2, 0.25) is 47.8 Å². The molecule has 0 aliphatic rings. The van der Waals surface area contributed by atoms with E-state index in [1.165, 1.54) is 41.4 Å². The molecule has 9 amide bonds. The number of rotatable bonds is 51. The van der Waals surface area contributed by atoms with Crippen LogP contribution in [-0.2, 0) is 63.7 Å². The Bertz CT molecular complexity index is 4900. The van der Waals surface area contributed by atoms with Gasteiger partial charge in [-0.2, -0.15) is 0 Å². The molecule has 0 fully saturated rings. The number of carbonyl (C=O) groups excluding carboxylic acids is 9. The fourth-order valence-electron chi connectivity index (χ4n) is 13.7. The van der Waals surface area contributed by atoms with E-state index in [9.17, 15) is 83.7 Å². The molecule has 6 unspecified atom stereocenters. The van der Waals surface area contributed by atoms with E-state index in [-0.39, 0.29) is 122 Å². The van der Waals surface area contributed by atoms with Crippen LogP contribution < -0.4 is 47.6 Å². The van der Waals surface area contributed by atoms with Gasteiger partial charge in [0.1, 0.15) is 0 Å². The largest absolute Gasteiger partial charge is 0.390 e. The number of hydrazine groups is 3. The topological polar surface area (TPSA) is 486 Å². The molecule has 0 spiro atoms. The van der Waals surface area contributed by atoms with Crippen molar-refractivity contribution in [2.75, 3.05) is 79.0 Å². The molecule has 0 aliphatic carbocycles. The molecule has 714 valence electrons. The number of amides is 9. The minimum absolute atomic E-state index is 0.00552. The first-order valence-corrected chi connectivity index (χ1v) is 49.1. The number of nitrogens with two attached hydrogens (primary N) is 3. The van der Waals surface area contributed by atoms with Gasteiger partial charge >= 0.3 is 0 Å². The molecule has 6 atom stereocenters. The van der Waals surface area contributed by atoms with E-state index in [1.54, 1.807) is 59.5 Å². The average Bonchev–Trinajstić information content (AvgIpc) is 0.816. The van der Waals surface area contributed by atoms with Crippen LogP contribution in [0.25, 0.3) is 0 Å². The third-order valence-corrected chi connectivity index (χ3v) is 23.0. The smallest absolute Gasteiger partial charge is 0.253 e. The van der Waals surface area contributed by atoms with Gasteiger partial charge in [-0.15, -0.1) is 0 Å². The maximum absolute atomic E-state index is 13.7. The number of unbranched alkanes of at least 4 members (excludes halogenated alkanes) is 1. The highest BCUT2D eigenvalue weighted by molar-refractivity contribution is 7.89. The standard InChI is InChI=1S/C32H49N5O6S.C31H47N5O6S.C30H45N5O6S/c1-6-9-17-37(35-30(39)23(4)5)22-29(38)28(18-24-13-11-10-12-14-24)34-31(40)25-19-26(21-27(20-25)44(33,42)43)32(41)36(15-7-2)16-8-3;1-6-14-35(15-7-2)31(40)25-18-24(19-26(20-25)43(32,41)42)30(39)33-27(17-23-12-10-9-11-13-23)28(37)21-36(16-8-3)34-29(38)22(4)5;1-6-13-35(14-7-2)30(39)24-17-23(18-25(19-24)42(31,40)41)29(38)32-26(16-22-11-9-8-10-12-22)27(36)20-34(5)33-28(37)15-21(3)4/h10-14,19-21,23,28-29,38H,6-9,15-18,22H2,1-5H3,(H,34,40)(H,35,39)(H2,33,42,43);9-13,18-20,22,27-28,37H,6-8,14-17,21H2,1-5H3,(H,33,39)(H,34,38)(H2,32,41,42);8-12,17-19,21,26-27,36H,6-7,13-16,20H2,1-5H3,(H,32,38)(H,33,37)(H2,31,40,41). The van der Waals surface area contributed by atoms with Gasteiger partial charge in [-0.3, -0.25) is 59.4 Å². The van der Waals surface area contributed by atoms with Crippen molar-refractivity contribution in [1.82, 2.24) is 62.0 Å². The number of nitrogens with zero attached hydrogens (tertiary/aromatic N) is 6. The summed E-state index contributed by atoms with van der Waals surface area (Å²) in [5.74, 6) is -4.17. The first-order chi connectivity index (χ1) is 60.8. The van der Waals surface area contributed by atoms with Crippen molar-refractivity contribution < 1.29 is 83.7 Å². The maximum Gasteiger partial charge on any atom is 0.253 e. The number of nitrogens with one attached hydrogen (secondary N) is 6. The van der Waals surface area contributed by atoms with Crippen LogP contribution in [0.15, 0.2) is 160 Å². The molecule has 6 aromatic rings. The second kappa shape index (κ2) is 55.9. The summed E-state index contributed by atoms with van der Waals surface area (Å²) in [7, 11) is -11.1. The van der Waals surface area contributed by atoms with E-state index >= 15 is 0 Å². The summed E-state index contributed by atoms with van der Waals surface area (Å²) in [6.07, 6.45) is 4.36.